The Morgan fingerprint density at radius 1 is 1.11 bits per heavy atom. The summed E-state index contributed by atoms with van der Waals surface area (Å²) in [5.41, 5.74) is 1.75. The van der Waals surface area contributed by atoms with Gasteiger partial charge in [-0.15, -0.1) is 0 Å². The molecule has 1 aliphatic heterocycles. The third-order valence-electron chi connectivity index (χ3n) is 4.83. The van der Waals surface area contributed by atoms with Crippen molar-refractivity contribution in [2.24, 2.45) is 5.92 Å². The van der Waals surface area contributed by atoms with Crippen LogP contribution in [0.2, 0.25) is 0 Å². The van der Waals surface area contributed by atoms with Crippen molar-refractivity contribution in [1.29, 1.82) is 0 Å². The van der Waals surface area contributed by atoms with Gasteiger partial charge in [0.2, 0.25) is 5.89 Å². The average Bonchev–Trinajstić information content (AvgIpc) is 3.11. The fraction of sp³-hybridized carbons (Fsp3) is 0.524. The van der Waals surface area contributed by atoms with Gasteiger partial charge in [-0.3, -0.25) is 14.6 Å². The molecule has 0 spiro atoms. The van der Waals surface area contributed by atoms with E-state index in [1.165, 1.54) is 11.8 Å². The first-order valence-corrected chi connectivity index (χ1v) is 9.69. The van der Waals surface area contributed by atoms with E-state index in [4.69, 9.17) is 4.42 Å². The number of benzene rings is 1. The molecule has 0 bridgehead atoms. The Morgan fingerprint density at radius 3 is 2.37 bits per heavy atom. The minimum absolute atomic E-state index is 0.0774. The van der Waals surface area contributed by atoms with Crippen LogP contribution in [0.1, 0.15) is 35.8 Å². The topological polar surface area (TPSA) is 52.8 Å². The maximum atomic E-state index is 12.4. The van der Waals surface area contributed by atoms with E-state index >= 15 is 0 Å². The summed E-state index contributed by atoms with van der Waals surface area (Å²) < 4.78 is 5.55. The van der Waals surface area contributed by atoms with Crippen molar-refractivity contribution in [1.82, 2.24) is 19.7 Å². The van der Waals surface area contributed by atoms with Gasteiger partial charge in [0, 0.05) is 46.3 Å². The molecule has 0 radical (unpaired) electrons. The second-order valence-electron chi connectivity index (χ2n) is 7.74. The molecular formula is C21H30N4O2. The minimum atomic E-state index is -0.0774. The van der Waals surface area contributed by atoms with Gasteiger partial charge in [-0.1, -0.05) is 44.2 Å². The molecule has 0 saturated carbocycles. The van der Waals surface area contributed by atoms with Crippen LogP contribution in [0.5, 0.6) is 0 Å². The van der Waals surface area contributed by atoms with Crippen LogP contribution in [-0.2, 0) is 13.1 Å². The lowest BCUT2D eigenvalue weighted by atomic mass is 10.2. The quantitative estimate of drug-likeness (QED) is 0.750. The maximum absolute atomic E-state index is 12.4. The molecule has 1 amide bonds. The number of piperazine rings is 1. The van der Waals surface area contributed by atoms with E-state index in [2.05, 4.69) is 59.0 Å². The lowest BCUT2D eigenvalue weighted by molar-refractivity contribution is 0.0773. The highest BCUT2D eigenvalue weighted by atomic mass is 16.3. The van der Waals surface area contributed by atoms with Gasteiger partial charge >= 0.3 is 0 Å². The van der Waals surface area contributed by atoms with Crippen molar-refractivity contribution < 1.29 is 9.21 Å². The van der Waals surface area contributed by atoms with E-state index in [-0.39, 0.29) is 5.91 Å². The van der Waals surface area contributed by atoms with Crippen LogP contribution < -0.4 is 0 Å². The number of nitrogens with zero attached hydrogens (tertiary/aromatic N) is 4. The van der Waals surface area contributed by atoms with Crippen LogP contribution in [0.3, 0.4) is 0 Å². The number of carbonyl (C=O) groups excluding carboxylic acids is 1. The lowest BCUT2D eigenvalue weighted by Crippen LogP contribution is -2.45. The number of carbonyl (C=O) groups is 1. The minimum Gasteiger partial charge on any atom is -0.447 e. The second kappa shape index (κ2) is 9.15. The van der Waals surface area contributed by atoms with Gasteiger partial charge in [0.1, 0.15) is 6.26 Å². The van der Waals surface area contributed by atoms with Crippen LogP contribution in [-0.4, -0.2) is 65.4 Å². The van der Waals surface area contributed by atoms with E-state index in [1.54, 1.807) is 4.90 Å². The zero-order valence-corrected chi connectivity index (χ0v) is 16.6. The SMILES string of the molecule is CC(C)CN(C)C(=O)c1coc(CN2CCN(Cc3ccccc3)CC2)n1. The smallest absolute Gasteiger partial charge is 0.275 e. The maximum Gasteiger partial charge on any atom is 0.275 e. The molecule has 6 heteroatoms. The largest absolute Gasteiger partial charge is 0.447 e. The molecule has 0 unspecified atom stereocenters. The molecular weight excluding hydrogens is 340 g/mol. The van der Waals surface area contributed by atoms with E-state index < -0.39 is 0 Å². The first-order chi connectivity index (χ1) is 13.0. The first kappa shape index (κ1) is 19.6. The highest BCUT2D eigenvalue weighted by Crippen LogP contribution is 2.13. The summed E-state index contributed by atoms with van der Waals surface area (Å²) >= 11 is 0. The molecule has 3 rings (SSSR count). The van der Waals surface area contributed by atoms with Gasteiger partial charge < -0.3 is 9.32 Å². The van der Waals surface area contributed by atoms with Crippen molar-refractivity contribution in [2.75, 3.05) is 39.8 Å². The molecule has 1 aromatic carbocycles. The van der Waals surface area contributed by atoms with Crippen molar-refractivity contribution in [3.63, 3.8) is 0 Å². The van der Waals surface area contributed by atoms with Gasteiger partial charge in [-0.2, -0.15) is 0 Å². The zero-order chi connectivity index (χ0) is 19.2. The highest BCUT2D eigenvalue weighted by molar-refractivity contribution is 5.91. The summed E-state index contributed by atoms with van der Waals surface area (Å²) in [6.07, 6.45) is 1.49. The number of rotatable bonds is 7. The van der Waals surface area contributed by atoms with E-state index in [9.17, 15) is 4.79 Å². The zero-order valence-electron chi connectivity index (χ0n) is 16.6. The van der Waals surface area contributed by atoms with E-state index in [0.717, 1.165) is 32.7 Å². The first-order valence-electron chi connectivity index (χ1n) is 9.69. The van der Waals surface area contributed by atoms with E-state index in [0.29, 0.717) is 30.6 Å². The van der Waals surface area contributed by atoms with Gasteiger partial charge in [-0.25, -0.2) is 4.98 Å². The molecule has 146 valence electrons. The normalized spacial score (nSPS) is 16.0. The number of amides is 1. The fourth-order valence-corrected chi connectivity index (χ4v) is 3.45. The Kier molecular flexibility index (Phi) is 6.63. The molecule has 0 N–H and O–H groups in total. The highest BCUT2D eigenvalue weighted by Gasteiger charge is 2.21. The van der Waals surface area contributed by atoms with Crippen LogP contribution in [0.25, 0.3) is 0 Å². The molecule has 0 aliphatic carbocycles. The average molecular weight is 370 g/mol. The molecule has 27 heavy (non-hydrogen) atoms. The summed E-state index contributed by atoms with van der Waals surface area (Å²) in [6, 6.07) is 10.6. The van der Waals surface area contributed by atoms with Crippen LogP contribution in [0.4, 0.5) is 0 Å². The van der Waals surface area contributed by atoms with Crippen molar-refractivity contribution in [3.8, 4) is 0 Å². The number of aromatic nitrogens is 1. The third kappa shape index (κ3) is 5.65. The summed E-state index contributed by atoms with van der Waals surface area (Å²) in [4.78, 5) is 23.3. The van der Waals surface area contributed by atoms with Crippen LogP contribution >= 0.6 is 0 Å². The molecule has 2 heterocycles. The molecule has 6 nitrogen and oxygen atoms in total. The van der Waals surface area contributed by atoms with Gasteiger partial charge in [0.25, 0.3) is 5.91 Å². The summed E-state index contributed by atoms with van der Waals surface area (Å²) in [5.74, 6) is 0.969. The van der Waals surface area contributed by atoms with Crippen molar-refractivity contribution in [2.45, 2.75) is 26.9 Å². The van der Waals surface area contributed by atoms with Gasteiger partial charge in [-0.05, 0) is 11.5 Å². The Labute approximate surface area is 161 Å². The summed E-state index contributed by atoms with van der Waals surface area (Å²) in [6.45, 7) is 10.6. The van der Waals surface area contributed by atoms with Gasteiger partial charge in [0.05, 0.1) is 6.54 Å². The Balaban J connectivity index is 1.47. The van der Waals surface area contributed by atoms with Crippen LogP contribution in [0, 0.1) is 5.92 Å². The molecule has 1 saturated heterocycles. The number of hydrogen-bond donors (Lipinski definition) is 0. The molecule has 1 aromatic heterocycles. The lowest BCUT2D eigenvalue weighted by Gasteiger charge is -2.34. The summed E-state index contributed by atoms with van der Waals surface area (Å²) in [7, 11) is 1.81. The second-order valence-corrected chi connectivity index (χ2v) is 7.74. The van der Waals surface area contributed by atoms with Gasteiger partial charge in [0.15, 0.2) is 5.69 Å². The third-order valence-corrected chi connectivity index (χ3v) is 4.83. The Morgan fingerprint density at radius 2 is 1.74 bits per heavy atom. The molecule has 2 aromatic rings. The molecule has 1 aliphatic rings. The monoisotopic (exact) mass is 370 g/mol. The van der Waals surface area contributed by atoms with Crippen LogP contribution in [0.15, 0.2) is 41.0 Å². The Bertz CT molecular complexity index is 721. The molecule has 1 fully saturated rings. The van der Waals surface area contributed by atoms with E-state index in [1.807, 2.05) is 7.05 Å². The summed E-state index contributed by atoms with van der Waals surface area (Å²) in [5, 5.41) is 0. The fourth-order valence-electron chi connectivity index (χ4n) is 3.45. The number of hydrogen-bond acceptors (Lipinski definition) is 5. The van der Waals surface area contributed by atoms with Crippen molar-refractivity contribution >= 4 is 5.91 Å². The Hall–Kier alpha value is -2.18. The predicted octanol–water partition coefficient (Wildman–Crippen LogP) is 2.72. The standard InChI is InChI=1S/C21H30N4O2/c1-17(2)13-23(3)21(26)19-16-27-20(22-19)15-25-11-9-24(10-12-25)14-18-7-5-4-6-8-18/h4-8,16-17H,9-15H2,1-3H3. The van der Waals surface area contributed by atoms with Crippen molar-refractivity contribution in [3.05, 3.63) is 53.7 Å². The predicted molar refractivity (Wildman–Crippen MR) is 105 cm³/mol. The number of oxazole rings is 1. The molecule has 0 atom stereocenters.